The van der Waals surface area contributed by atoms with Crippen LogP contribution in [-0.2, 0) is 16.1 Å². The van der Waals surface area contributed by atoms with Crippen LogP contribution < -0.4 is 20.3 Å². The van der Waals surface area contributed by atoms with E-state index < -0.39 is 0 Å². The molecule has 2 saturated heterocycles. The van der Waals surface area contributed by atoms with Gasteiger partial charge in [0.2, 0.25) is 11.9 Å². The standard InChI is InChI=1S/C30H36N6O3/c37-29-23-9-13-35(14-10-23)21-24-20-25(4-7-28(24)36-15-18-38-19-16-36)33-30-32-12-8-27(34-30)22-2-5-26(6-3-22)39-17-1-11-31-29/h2-8,12,20,23H,1,9-11,13-19,21H2,(H,31,37)(H,32,33,34). The van der Waals surface area contributed by atoms with Crippen LogP contribution in [-0.4, -0.2) is 73.3 Å². The third-order valence-corrected chi connectivity index (χ3v) is 7.73. The van der Waals surface area contributed by atoms with Crippen LogP contribution in [0.5, 0.6) is 5.75 Å². The van der Waals surface area contributed by atoms with Gasteiger partial charge >= 0.3 is 0 Å². The highest BCUT2D eigenvalue weighted by atomic mass is 16.5. The van der Waals surface area contributed by atoms with Crippen LogP contribution in [0.2, 0.25) is 0 Å². The van der Waals surface area contributed by atoms with E-state index >= 15 is 0 Å². The van der Waals surface area contributed by atoms with E-state index in [0.29, 0.717) is 19.1 Å². The van der Waals surface area contributed by atoms with Gasteiger partial charge in [-0.1, -0.05) is 0 Å². The second-order valence-electron chi connectivity index (χ2n) is 10.4. The molecule has 0 unspecified atom stereocenters. The lowest BCUT2D eigenvalue weighted by atomic mass is 9.95. The van der Waals surface area contributed by atoms with Crippen molar-refractivity contribution in [1.82, 2.24) is 20.2 Å². The van der Waals surface area contributed by atoms with Gasteiger partial charge in [0.05, 0.1) is 25.5 Å². The molecule has 0 aliphatic carbocycles. The van der Waals surface area contributed by atoms with Gasteiger partial charge in [-0.15, -0.1) is 0 Å². The van der Waals surface area contributed by atoms with Gasteiger partial charge < -0.3 is 25.0 Å². The van der Waals surface area contributed by atoms with Crippen molar-refractivity contribution >= 4 is 23.2 Å². The minimum absolute atomic E-state index is 0.0729. The van der Waals surface area contributed by atoms with Gasteiger partial charge in [-0.05, 0) is 86.4 Å². The average molecular weight is 529 g/mol. The van der Waals surface area contributed by atoms with Crippen LogP contribution in [0.4, 0.5) is 17.3 Å². The first kappa shape index (κ1) is 25.6. The van der Waals surface area contributed by atoms with Crippen LogP contribution in [0.3, 0.4) is 0 Å². The SMILES string of the molecule is O=C1NCCCOc2ccc(cc2)-c2ccnc(n2)Nc2ccc(N3CCOCC3)c(c2)CN2CCC1CC2. The van der Waals surface area contributed by atoms with Crippen molar-refractivity contribution in [3.63, 3.8) is 0 Å². The lowest BCUT2D eigenvalue weighted by Crippen LogP contribution is -2.41. The normalized spacial score (nSPS) is 22.2. The Kier molecular flexibility index (Phi) is 7.87. The number of ether oxygens (including phenoxy) is 2. The van der Waals surface area contributed by atoms with E-state index in [0.717, 1.165) is 87.9 Å². The van der Waals surface area contributed by atoms with E-state index in [1.54, 1.807) is 6.20 Å². The molecule has 7 heterocycles. The van der Waals surface area contributed by atoms with Crippen LogP contribution in [0.15, 0.2) is 54.7 Å². The van der Waals surface area contributed by atoms with Crippen LogP contribution in [0, 0.1) is 5.92 Å². The van der Waals surface area contributed by atoms with E-state index in [4.69, 9.17) is 14.5 Å². The molecule has 0 radical (unpaired) electrons. The van der Waals surface area contributed by atoms with Gasteiger partial charge in [0, 0.05) is 55.2 Å². The zero-order valence-corrected chi connectivity index (χ0v) is 22.3. The van der Waals surface area contributed by atoms with Gasteiger partial charge in [0.25, 0.3) is 0 Å². The first-order valence-corrected chi connectivity index (χ1v) is 14.0. The highest BCUT2D eigenvalue weighted by Crippen LogP contribution is 2.30. The predicted molar refractivity (Wildman–Crippen MR) is 151 cm³/mol. The lowest BCUT2D eigenvalue weighted by Gasteiger charge is -2.34. The van der Waals surface area contributed by atoms with Crippen molar-refractivity contribution in [2.24, 2.45) is 5.92 Å². The first-order chi connectivity index (χ1) is 19.2. The summed E-state index contributed by atoms with van der Waals surface area (Å²) in [6.45, 7) is 7.09. The Labute approximate surface area is 229 Å². The van der Waals surface area contributed by atoms with Crippen molar-refractivity contribution in [2.75, 3.05) is 62.8 Å². The van der Waals surface area contributed by atoms with E-state index in [1.807, 2.05) is 30.3 Å². The highest BCUT2D eigenvalue weighted by molar-refractivity contribution is 5.78. The molecule has 2 fully saturated rings. The molecular weight excluding hydrogens is 492 g/mol. The molecule has 39 heavy (non-hydrogen) atoms. The number of aromatic nitrogens is 2. The van der Waals surface area contributed by atoms with Crippen molar-refractivity contribution in [3.8, 4) is 17.0 Å². The number of nitrogens with one attached hydrogen (secondary N) is 2. The van der Waals surface area contributed by atoms with Crippen LogP contribution >= 0.6 is 0 Å². The second kappa shape index (κ2) is 12.0. The number of anilines is 3. The van der Waals surface area contributed by atoms with Crippen molar-refractivity contribution in [1.29, 1.82) is 0 Å². The summed E-state index contributed by atoms with van der Waals surface area (Å²) < 4.78 is 11.5. The Morgan fingerprint density at radius 1 is 0.923 bits per heavy atom. The third-order valence-electron chi connectivity index (χ3n) is 7.73. The minimum Gasteiger partial charge on any atom is -0.494 e. The molecule has 6 aliphatic heterocycles. The quantitative estimate of drug-likeness (QED) is 0.493. The van der Waals surface area contributed by atoms with E-state index in [9.17, 15) is 4.79 Å². The molecule has 9 nitrogen and oxygen atoms in total. The van der Waals surface area contributed by atoms with Crippen molar-refractivity contribution < 1.29 is 14.3 Å². The molecule has 204 valence electrons. The number of piperidine rings is 1. The molecular formula is C30H36N6O3. The van der Waals surface area contributed by atoms with Crippen molar-refractivity contribution in [3.05, 3.63) is 60.3 Å². The summed E-state index contributed by atoms with van der Waals surface area (Å²) >= 11 is 0. The summed E-state index contributed by atoms with van der Waals surface area (Å²) in [7, 11) is 0. The molecule has 2 aromatic carbocycles. The maximum Gasteiger partial charge on any atom is 0.227 e. The second-order valence-corrected chi connectivity index (χ2v) is 10.4. The summed E-state index contributed by atoms with van der Waals surface area (Å²) in [5.74, 6) is 1.61. The molecule has 0 atom stereocenters. The van der Waals surface area contributed by atoms with Gasteiger partial charge in [0.15, 0.2) is 0 Å². The Morgan fingerprint density at radius 2 is 1.74 bits per heavy atom. The topological polar surface area (TPSA) is 91.8 Å². The van der Waals surface area contributed by atoms with Gasteiger partial charge in [-0.2, -0.15) is 0 Å². The Morgan fingerprint density at radius 3 is 2.56 bits per heavy atom. The molecule has 2 N–H and O–H groups in total. The number of hydrogen-bond acceptors (Lipinski definition) is 8. The summed E-state index contributed by atoms with van der Waals surface area (Å²) in [6, 6.07) is 16.4. The molecule has 0 spiro atoms. The number of amides is 1. The summed E-state index contributed by atoms with van der Waals surface area (Å²) in [6.07, 6.45) is 4.31. The molecule has 0 saturated carbocycles. The molecule has 8 bridgehead atoms. The summed E-state index contributed by atoms with van der Waals surface area (Å²) in [5.41, 5.74) is 5.31. The molecule has 1 aromatic heterocycles. The van der Waals surface area contributed by atoms with Gasteiger partial charge in [-0.3, -0.25) is 9.69 Å². The number of benzene rings is 2. The number of carbonyl (C=O) groups excluding carboxylic acids is 1. The molecule has 9 heteroatoms. The van der Waals surface area contributed by atoms with E-state index in [1.165, 1.54) is 11.3 Å². The lowest BCUT2D eigenvalue weighted by molar-refractivity contribution is -0.126. The number of morpholine rings is 1. The number of carbonyl (C=O) groups is 1. The average Bonchev–Trinajstić information content (AvgIpc) is 2.98. The maximum absolute atomic E-state index is 12.8. The molecule has 9 rings (SSSR count). The number of nitrogens with zero attached hydrogens (tertiary/aromatic N) is 4. The predicted octanol–water partition coefficient (Wildman–Crippen LogP) is 3.83. The smallest absolute Gasteiger partial charge is 0.227 e. The highest BCUT2D eigenvalue weighted by Gasteiger charge is 2.26. The largest absolute Gasteiger partial charge is 0.494 e. The van der Waals surface area contributed by atoms with Crippen LogP contribution in [0.25, 0.3) is 11.3 Å². The first-order valence-electron chi connectivity index (χ1n) is 14.0. The maximum atomic E-state index is 12.8. The van der Waals surface area contributed by atoms with Crippen molar-refractivity contribution in [2.45, 2.75) is 25.8 Å². The summed E-state index contributed by atoms with van der Waals surface area (Å²) in [5, 5.41) is 6.55. The van der Waals surface area contributed by atoms with E-state index in [-0.39, 0.29) is 11.8 Å². The van der Waals surface area contributed by atoms with Gasteiger partial charge in [0.1, 0.15) is 5.75 Å². The molecule has 6 aliphatic rings. The Bertz CT molecular complexity index is 1270. The molecule has 3 aromatic rings. The van der Waals surface area contributed by atoms with Crippen LogP contribution in [0.1, 0.15) is 24.8 Å². The number of hydrogen-bond donors (Lipinski definition) is 2. The molecule has 1 amide bonds. The fraction of sp³-hybridized carbons (Fsp3) is 0.433. The zero-order valence-electron chi connectivity index (χ0n) is 22.3. The Balaban J connectivity index is 1.29. The summed E-state index contributed by atoms with van der Waals surface area (Å²) in [4.78, 5) is 26.9. The fourth-order valence-corrected chi connectivity index (χ4v) is 5.55. The van der Waals surface area contributed by atoms with Gasteiger partial charge in [-0.25, -0.2) is 9.97 Å². The third kappa shape index (κ3) is 6.32. The monoisotopic (exact) mass is 528 g/mol. The number of rotatable bonds is 1. The fourth-order valence-electron chi connectivity index (χ4n) is 5.55. The Hall–Kier alpha value is -3.69. The minimum atomic E-state index is 0.0729. The zero-order chi connectivity index (χ0) is 26.4. The van der Waals surface area contributed by atoms with E-state index in [2.05, 4.69) is 43.6 Å².